The zero-order valence-corrected chi connectivity index (χ0v) is 17.4. The summed E-state index contributed by atoms with van der Waals surface area (Å²) in [5.74, 6) is 2.59. The van der Waals surface area contributed by atoms with Gasteiger partial charge < -0.3 is 5.11 Å². The van der Waals surface area contributed by atoms with Gasteiger partial charge in [-0.15, -0.1) is 5.54 Å². The number of carboxylic acids is 1. The first-order chi connectivity index (χ1) is 11.0. The second kappa shape index (κ2) is 7.57. The highest BCUT2D eigenvalue weighted by Crippen LogP contribution is 2.41. The SMILES string of the molecule is CC(C)[Si](C#Cc1ccccc1C(C)(C)C(=O)O)(C(C)C)C(C)C. The van der Waals surface area contributed by atoms with E-state index in [0.29, 0.717) is 16.6 Å². The topological polar surface area (TPSA) is 37.3 Å². The molecule has 1 aromatic rings. The van der Waals surface area contributed by atoms with E-state index in [2.05, 4.69) is 53.0 Å². The average Bonchev–Trinajstić information content (AvgIpc) is 2.46. The Labute approximate surface area is 148 Å². The standard InChI is InChI=1S/C21H32O2Si/c1-15(2)24(16(3)4,17(5)6)14-13-18-11-9-10-12-19(18)21(7,8)20(22)23/h9-12,15-17H,1-8H3,(H,22,23). The van der Waals surface area contributed by atoms with Crippen LogP contribution in [0.1, 0.15) is 66.5 Å². The highest BCUT2D eigenvalue weighted by molar-refractivity contribution is 6.90. The first kappa shape index (κ1) is 20.5. The van der Waals surface area contributed by atoms with Gasteiger partial charge in [0, 0.05) is 5.56 Å². The maximum absolute atomic E-state index is 11.7. The molecular weight excluding hydrogens is 312 g/mol. The smallest absolute Gasteiger partial charge is 0.313 e. The number of hydrogen-bond donors (Lipinski definition) is 1. The van der Waals surface area contributed by atoms with Gasteiger partial charge in [-0.25, -0.2) is 0 Å². The van der Waals surface area contributed by atoms with Crippen LogP contribution in [0, 0.1) is 11.5 Å². The Morgan fingerprint density at radius 2 is 1.46 bits per heavy atom. The number of carbonyl (C=O) groups is 1. The predicted molar refractivity (Wildman–Crippen MR) is 105 cm³/mol. The Morgan fingerprint density at radius 1 is 1.00 bits per heavy atom. The minimum atomic E-state index is -1.83. The van der Waals surface area contributed by atoms with Gasteiger partial charge in [0.25, 0.3) is 0 Å². The maximum Gasteiger partial charge on any atom is 0.313 e. The summed E-state index contributed by atoms with van der Waals surface area (Å²) in [6, 6.07) is 7.67. The average molecular weight is 345 g/mol. The number of aliphatic carboxylic acids is 1. The summed E-state index contributed by atoms with van der Waals surface area (Å²) in [7, 11) is -1.83. The van der Waals surface area contributed by atoms with E-state index in [-0.39, 0.29) is 0 Å². The molecule has 0 heterocycles. The Kier molecular flexibility index (Phi) is 6.47. The van der Waals surface area contributed by atoms with Crippen molar-refractivity contribution in [1.29, 1.82) is 0 Å². The number of hydrogen-bond acceptors (Lipinski definition) is 1. The zero-order valence-electron chi connectivity index (χ0n) is 16.4. The van der Waals surface area contributed by atoms with Crippen LogP contribution in [-0.4, -0.2) is 19.1 Å². The molecule has 24 heavy (non-hydrogen) atoms. The second-order valence-corrected chi connectivity index (χ2v) is 13.7. The van der Waals surface area contributed by atoms with Crippen LogP contribution >= 0.6 is 0 Å². The molecule has 0 amide bonds. The summed E-state index contributed by atoms with van der Waals surface area (Å²) in [5.41, 5.74) is 6.08. The van der Waals surface area contributed by atoms with Crippen molar-refractivity contribution in [2.24, 2.45) is 0 Å². The summed E-state index contributed by atoms with van der Waals surface area (Å²) in [5, 5.41) is 9.57. The van der Waals surface area contributed by atoms with Crippen LogP contribution in [0.2, 0.25) is 16.6 Å². The van der Waals surface area contributed by atoms with E-state index in [0.717, 1.165) is 11.1 Å². The van der Waals surface area contributed by atoms with Gasteiger partial charge in [-0.3, -0.25) is 4.79 Å². The molecule has 2 nitrogen and oxygen atoms in total. The van der Waals surface area contributed by atoms with Crippen molar-refractivity contribution < 1.29 is 9.90 Å². The highest BCUT2D eigenvalue weighted by atomic mass is 28.3. The number of carboxylic acid groups (broad SMARTS) is 1. The molecule has 1 N–H and O–H groups in total. The van der Waals surface area contributed by atoms with Gasteiger partial charge in [0.05, 0.1) is 5.41 Å². The van der Waals surface area contributed by atoms with E-state index in [1.165, 1.54) is 0 Å². The van der Waals surface area contributed by atoms with Crippen LogP contribution < -0.4 is 0 Å². The van der Waals surface area contributed by atoms with Crippen LogP contribution in [0.25, 0.3) is 0 Å². The van der Waals surface area contributed by atoms with Crippen molar-refractivity contribution in [3.8, 4) is 11.5 Å². The normalized spacial score (nSPS) is 12.5. The third-order valence-corrected chi connectivity index (χ3v) is 11.7. The van der Waals surface area contributed by atoms with E-state index in [1.807, 2.05) is 24.3 Å². The highest BCUT2D eigenvalue weighted by Gasteiger charge is 2.41. The molecule has 0 aromatic heterocycles. The van der Waals surface area contributed by atoms with Crippen LogP contribution in [0.3, 0.4) is 0 Å². The molecule has 0 unspecified atom stereocenters. The van der Waals surface area contributed by atoms with Crippen molar-refractivity contribution in [3.63, 3.8) is 0 Å². The van der Waals surface area contributed by atoms with Crippen LogP contribution in [0.15, 0.2) is 24.3 Å². The van der Waals surface area contributed by atoms with Gasteiger partial charge in [0.15, 0.2) is 0 Å². The Bertz CT molecular complexity index is 624. The molecule has 132 valence electrons. The van der Waals surface area contributed by atoms with Gasteiger partial charge in [0.1, 0.15) is 8.07 Å². The lowest BCUT2D eigenvalue weighted by Crippen LogP contribution is -2.43. The Morgan fingerprint density at radius 3 is 1.88 bits per heavy atom. The first-order valence-electron chi connectivity index (χ1n) is 8.84. The van der Waals surface area contributed by atoms with Crippen molar-refractivity contribution in [1.82, 2.24) is 0 Å². The summed E-state index contributed by atoms with van der Waals surface area (Å²) >= 11 is 0. The second-order valence-electron chi connectivity index (χ2n) is 8.12. The van der Waals surface area contributed by atoms with Gasteiger partial charge in [-0.2, -0.15) is 0 Å². The molecule has 0 radical (unpaired) electrons. The lowest BCUT2D eigenvalue weighted by molar-refractivity contribution is -0.142. The largest absolute Gasteiger partial charge is 0.481 e. The van der Waals surface area contributed by atoms with E-state index >= 15 is 0 Å². The van der Waals surface area contributed by atoms with Crippen LogP contribution in [-0.2, 0) is 10.2 Å². The van der Waals surface area contributed by atoms with Gasteiger partial charge in [-0.05, 0) is 42.1 Å². The summed E-state index contributed by atoms with van der Waals surface area (Å²) in [6.07, 6.45) is 0. The fraction of sp³-hybridized carbons (Fsp3) is 0.571. The Hall–Kier alpha value is -1.53. The minimum Gasteiger partial charge on any atom is -0.481 e. The summed E-state index contributed by atoms with van der Waals surface area (Å²) < 4.78 is 0. The fourth-order valence-electron chi connectivity index (χ4n) is 3.86. The molecule has 0 aliphatic rings. The zero-order chi connectivity index (χ0) is 18.7. The monoisotopic (exact) mass is 344 g/mol. The molecule has 0 saturated heterocycles. The lowest BCUT2D eigenvalue weighted by atomic mass is 9.82. The summed E-state index contributed by atoms with van der Waals surface area (Å²) in [6.45, 7) is 17.2. The fourth-order valence-corrected chi connectivity index (χ4v) is 9.08. The predicted octanol–water partition coefficient (Wildman–Crippen LogP) is 5.62. The van der Waals surface area contributed by atoms with Crippen LogP contribution in [0.5, 0.6) is 0 Å². The van der Waals surface area contributed by atoms with Crippen molar-refractivity contribution in [2.75, 3.05) is 0 Å². The first-order valence-corrected chi connectivity index (χ1v) is 11.1. The third kappa shape index (κ3) is 3.75. The molecular formula is C21H32O2Si. The van der Waals surface area contributed by atoms with Gasteiger partial charge in [-0.1, -0.05) is 65.7 Å². The molecule has 0 bridgehead atoms. The van der Waals surface area contributed by atoms with Crippen molar-refractivity contribution in [2.45, 2.75) is 77.4 Å². The van der Waals surface area contributed by atoms with E-state index in [1.54, 1.807) is 13.8 Å². The van der Waals surface area contributed by atoms with Gasteiger partial charge in [0.2, 0.25) is 0 Å². The minimum absolute atomic E-state index is 0.560. The molecule has 1 rings (SSSR count). The van der Waals surface area contributed by atoms with E-state index in [9.17, 15) is 9.90 Å². The molecule has 0 aliphatic carbocycles. The summed E-state index contributed by atoms with van der Waals surface area (Å²) in [4.78, 5) is 11.7. The molecule has 0 aliphatic heterocycles. The van der Waals surface area contributed by atoms with Gasteiger partial charge >= 0.3 is 5.97 Å². The molecule has 0 saturated carbocycles. The van der Waals surface area contributed by atoms with Crippen molar-refractivity contribution in [3.05, 3.63) is 35.4 Å². The van der Waals surface area contributed by atoms with Crippen LogP contribution in [0.4, 0.5) is 0 Å². The molecule has 0 spiro atoms. The Balaban J connectivity index is 3.53. The third-order valence-electron chi connectivity index (χ3n) is 5.41. The lowest BCUT2D eigenvalue weighted by Gasteiger charge is -2.38. The quantitative estimate of drug-likeness (QED) is 0.556. The van der Waals surface area contributed by atoms with E-state index in [4.69, 9.17) is 0 Å². The number of benzene rings is 1. The van der Waals surface area contributed by atoms with Crippen molar-refractivity contribution >= 4 is 14.0 Å². The number of rotatable bonds is 5. The maximum atomic E-state index is 11.7. The molecule has 0 fully saturated rings. The molecule has 0 atom stereocenters. The molecule has 3 heteroatoms. The van der Waals surface area contributed by atoms with E-state index < -0.39 is 19.5 Å². The molecule has 1 aromatic carbocycles.